The number of carboxylic acid groups (broad SMARTS) is 1. The van der Waals surface area contributed by atoms with Gasteiger partial charge in [0.15, 0.2) is 0 Å². The van der Waals surface area contributed by atoms with E-state index in [1.807, 2.05) is 0 Å². The molecule has 1 atom stereocenters. The highest BCUT2D eigenvalue weighted by Crippen LogP contribution is 2.34. The predicted octanol–water partition coefficient (Wildman–Crippen LogP) is 3.42. The molecule has 3 N–H and O–H groups in total. The van der Waals surface area contributed by atoms with E-state index in [-0.39, 0.29) is 17.9 Å². The maximum absolute atomic E-state index is 12.8. The van der Waals surface area contributed by atoms with Crippen LogP contribution in [0.15, 0.2) is 54.7 Å². The Morgan fingerprint density at radius 2 is 1.97 bits per heavy atom. The molecule has 0 spiro atoms. The number of carbonyl (C=O) groups excluding carboxylic acids is 2. The van der Waals surface area contributed by atoms with Crippen molar-refractivity contribution in [2.75, 3.05) is 10.6 Å². The monoisotopic (exact) mass is 410 g/mol. The molecular formula is C20H15ClN4O4. The Morgan fingerprint density at radius 3 is 2.69 bits per heavy atom. The van der Waals surface area contributed by atoms with Crippen LogP contribution >= 0.6 is 11.6 Å². The lowest BCUT2D eigenvalue weighted by molar-refractivity contribution is -0.125. The number of carboxylic acids is 1. The Labute approximate surface area is 170 Å². The number of benzene rings is 2. The number of aromatic carboxylic acids is 1. The first-order chi connectivity index (χ1) is 13.9. The van der Waals surface area contributed by atoms with Gasteiger partial charge in [-0.25, -0.2) is 9.48 Å². The summed E-state index contributed by atoms with van der Waals surface area (Å²) < 4.78 is 1.46. The molecule has 146 valence electrons. The van der Waals surface area contributed by atoms with Gasteiger partial charge in [-0.05, 0) is 35.9 Å². The summed E-state index contributed by atoms with van der Waals surface area (Å²) in [7, 11) is 0. The number of carbonyl (C=O) groups is 3. The molecule has 1 aromatic heterocycles. The van der Waals surface area contributed by atoms with Gasteiger partial charge < -0.3 is 15.7 Å². The van der Waals surface area contributed by atoms with E-state index in [4.69, 9.17) is 16.7 Å². The molecule has 0 fully saturated rings. The fraction of sp³-hybridized carbons (Fsp3) is 0.100. The first-order valence-corrected chi connectivity index (χ1v) is 9.07. The molecule has 1 aliphatic rings. The lowest BCUT2D eigenvalue weighted by Crippen LogP contribution is -2.35. The Bertz CT molecular complexity index is 1120. The fourth-order valence-electron chi connectivity index (χ4n) is 3.17. The molecule has 0 saturated heterocycles. The average molecular weight is 411 g/mol. The average Bonchev–Trinajstić information content (AvgIpc) is 3.11. The van der Waals surface area contributed by atoms with Crippen LogP contribution in [0.5, 0.6) is 0 Å². The molecule has 2 aromatic carbocycles. The molecule has 0 aliphatic carbocycles. The maximum Gasteiger partial charge on any atom is 0.335 e. The number of fused-ring (bicyclic) bond motifs is 1. The first-order valence-electron chi connectivity index (χ1n) is 8.70. The minimum absolute atomic E-state index is 0.0500. The van der Waals surface area contributed by atoms with E-state index in [1.54, 1.807) is 36.5 Å². The van der Waals surface area contributed by atoms with Crippen molar-refractivity contribution in [1.29, 1.82) is 0 Å². The molecule has 1 aliphatic heterocycles. The number of halogens is 1. The highest BCUT2D eigenvalue weighted by Gasteiger charge is 2.33. The molecule has 0 bridgehead atoms. The predicted molar refractivity (Wildman–Crippen MR) is 107 cm³/mol. The van der Waals surface area contributed by atoms with Crippen LogP contribution in [0.3, 0.4) is 0 Å². The van der Waals surface area contributed by atoms with Crippen LogP contribution in [0.2, 0.25) is 5.02 Å². The number of hydrogen-bond donors (Lipinski definition) is 3. The Kier molecular flexibility index (Phi) is 4.77. The smallest absolute Gasteiger partial charge is 0.335 e. The zero-order valence-electron chi connectivity index (χ0n) is 14.9. The van der Waals surface area contributed by atoms with Crippen LogP contribution in [0.25, 0.3) is 11.1 Å². The van der Waals surface area contributed by atoms with Gasteiger partial charge in [0.2, 0.25) is 11.8 Å². The molecule has 9 heteroatoms. The van der Waals surface area contributed by atoms with Gasteiger partial charge in [0.25, 0.3) is 0 Å². The fourth-order valence-corrected chi connectivity index (χ4v) is 3.29. The second kappa shape index (κ2) is 7.40. The van der Waals surface area contributed by atoms with Gasteiger partial charge in [-0.2, -0.15) is 5.10 Å². The summed E-state index contributed by atoms with van der Waals surface area (Å²) in [6.45, 7) is 0. The minimum atomic E-state index is -1.10. The topological polar surface area (TPSA) is 113 Å². The van der Waals surface area contributed by atoms with Gasteiger partial charge in [-0.1, -0.05) is 29.8 Å². The number of nitrogens with zero attached hydrogens (tertiary/aromatic N) is 2. The zero-order valence-corrected chi connectivity index (χ0v) is 15.7. The first kappa shape index (κ1) is 18.7. The van der Waals surface area contributed by atoms with E-state index in [0.29, 0.717) is 22.1 Å². The number of nitrogens with one attached hydrogen (secondary N) is 2. The molecule has 8 nitrogen and oxygen atoms in total. The summed E-state index contributed by atoms with van der Waals surface area (Å²) in [6.07, 6.45) is 1.49. The van der Waals surface area contributed by atoms with E-state index >= 15 is 0 Å². The zero-order chi connectivity index (χ0) is 20.5. The molecular weight excluding hydrogens is 396 g/mol. The van der Waals surface area contributed by atoms with Crippen LogP contribution < -0.4 is 10.6 Å². The van der Waals surface area contributed by atoms with Crippen molar-refractivity contribution in [3.63, 3.8) is 0 Å². The highest BCUT2D eigenvalue weighted by atomic mass is 35.5. The number of hydrogen-bond acceptors (Lipinski definition) is 4. The SMILES string of the molecule is O=C1CC(C(=O)Nc2cccc(C(=O)O)c2)n2ncc(-c3ccc(Cl)cc3)c2N1. The summed E-state index contributed by atoms with van der Waals surface area (Å²) >= 11 is 5.93. The molecule has 2 amide bonds. The van der Waals surface area contributed by atoms with Crippen molar-refractivity contribution >= 4 is 40.9 Å². The molecule has 2 heterocycles. The molecule has 3 aromatic rings. The largest absolute Gasteiger partial charge is 0.478 e. The van der Waals surface area contributed by atoms with Crippen molar-refractivity contribution < 1.29 is 19.5 Å². The molecule has 0 radical (unpaired) electrons. The normalized spacial score (nSPS) is 15.3. The summed E-state index contributed by atoms with van der Waals surface area (Å²) in [5.74, 6) is -1.45. The third-order valence-electron chi connectivity index (χ3n) is 4.56. The van der Waals surface area contributed by atoms with Gasteiger partial charge >= 0.3 is 5.97 Å². The van der Waals surface area contributed by atoms with Crippen molar-refractivity contribution in [3.8, 4) is 11.1 Å². The second-order valence-corrected chi connectivity index (χ2v) is 6.94. The lowest BCUT2D eigenvalue weighted by atomic mass is 10.1. The third kappa shape index (κ3) is 3.70. The van der Waals surface area contributed by atoms with Crippen LogP contribution in [-0.2, 0) is 9.59 Å². The second-order valence-electron chi connectivity index (χ2n) is 6.50. The molecule has 0 saturated carbocycles. The minimum Gasteiger partial charge on any atom is -0.478 e. The third-order valence-corrected chi connectivity index (χ3v) is 4.81. The van der Waals surface area contributed by atoms with Gasteiger partial charge in [-0.15, -0.1) is 0 Å². The van der Waals surface area contributed by atoms with E-state index in [9.17, 15) is 14.4 Å². The summed E-state index contributed by atoms with van der Waals surface area (Å²) in [6, 6.07) is 12.1. The van der Waals surface area contributed by atoms with Gasteiger partial charge in [0.1, 0.15) is 11.9 Å². The van der Waals surface area contributed by atoms with Crippen LogP contribution in [0, 0.1) is 0 Å². The molecule has 4 rings (SSSR count). The molecule has 29 heavy (non-hydrogen) atoms. The van der Waals surface area contributed by atoms with Crippen molar-refractivity contribution in [2.45, 2.75) is 12.5 Å². The standard InChI is InChI=1S/C20H15ClN4O4/c21-13-6-4-11(5-7-13)15-10-22-25-16(9-17(26)24-18(15)25)19(27)23-14-3-1-2-12(8-14)20(28)29/h1-8,10,16H,9H2,(H,23,27)(H,24,26)(H,28,29). The van der Waals surface area contributed by atoms with Crippen LogP contribution in [0.4, 0.5) is 11.5 Å². The number of amides is 2. The number of anilines is 2. The quantitative estimate of drug-likeness (QED) is 0.609. The van der Waals surface area contributed by atoms with Crippen molar-refractivity contribution in [1.82, 2.24) is 9.78 Å². The number of aromatic nitrogens is 2. The Balaban J connectivity index is 1.64. The van der Waals surface area contributed by atoms with E-state index in [1.165, 1.54) is 22.9 Å². The highest BCUT2D eigenvalue weighted by molar-refractivity contribution is 6.30. The number of rotatable bonds is 4. The van der Waals surface area contributed by atoms with Crippen LogP contribution in [-0.4, -0.2) is 32.7 Å². The lowest BCUT2D eigenvalue weighted by Gasteiger charge is -2.24. The van der Waals surface area contributed by atoms with E-state index < -0.39 is 17.9 Å². The van der Waals surface area contributed by atoms with Gasteiger partial charge in [-0.3, -0.25) is 9.59 Å². The van der Waals surface area contributed by atoms with Crippen molar-refractivity contribution in [2.24, 2.45) is 0 Å². The van der Waals surface area contributed by atoms with Gasteiger partial charge in [0.05, 0.1) is 18.2 Å². The van der Waals surface area contributed by atoms with Gasteiger partial charge in [0, 0.05) is 16.3 Å². The maximum atomic E-state index is 12.8. The van der Waals surface area contributed by atoms with E-state index in [0.717, 1.165) is 5.56 Å². The summed E-state index contributed by atoms with van der Waals surface area (Å²) in [4.78, 5) is 36.2. The summed E-state index contributed by atoms with van der Waals surface area (Å²) in [5, 5.41) is 19.4. The molecule has 1 unspecified atom stereocenters. The Morgan fingerprint density at radius 1 is 1.21 bits per heavy atom. The summed E-state index contributed by atoms with van der Waals surface area (Å²) in [5.41, 5.74) is 1.84. The Hall–Kier alpha value is -3.65. The van der Waals surface area contributed by atoms with E-state index in [2.05, 4.69) is 15.7 Å². The van der Waals surface area contributed by atoms with Crippen LogP contribution in [0.1, 0.15) is 22.8 Å². The van der Waals surface area contributed by atoms with Crippen molar-refractivity contribution in [3.05, 3.63) is 65.3 Å².